The highest BCUT2D eigenvalue weighted by Crippen LogP contribution is 2.19. The summed E-state index contributed by atoms with van der Waals surface area (Å²) < 4.78 is 5.07. The number of rotatable bonds is 4. The van der Waals surface area contributed by atoms with Gasteiger partial charge < -0.3 is 9.64 Å². The predicted octanol–water partition coefficient (Wildman–Crippen LogP) is 1.50. The third-order valence-corrected chi connectivity index (χ3v) is 3.12. The van der Waals surface area contributed by atoms with E-state index in [4.69, 9.17) is 16.3 Å². The van der Waals surface area contributed by atoms with Crippen molar-refractivity contribution in [2.45, 2.75) is 25.1 Å². The van der Waals surface area contributed by atoms with E-state index in [1.807, 2.05) is 11.8 Å². The molecule has 3 nitrogen and oxygen atoms in total. The number of ether oxygens (including phenoxy) is 1. The molecule has 1 amide bonds. The van der Waals surface area contributed by atoms with Crippen LogP contribution in [0.2, 0.25) is 0 Å². The molecule has 1 aliphatic rings. The maximum absolute atomic E-state index is 11.7. The van der Waals surface area contributed by atoms with Crippen LogP contribution in [0.15, 0.2) is 0 Å². The summed E-state index contributed by atoms with van der Waals surface area (Å²) in [6.45, 7) is 4.30. The van der Waals surface area contributed by atoms with Crippen molar-refractivity contribution in [3.8, 4) is 0 Å². The van der Waals surface area contributed by atoms with Crippen LogP contribution in [-0.2, 0) is 9.53 Å². The van der Waals surface area contributed by atoms with E-state index in [1.54, 1.807) is 7.11 Å². The van der Waals surface area contributed by atoms with Crippen LogP contribution in [0.5, 0.6) is 0 Å². The monoisotopic (exact) mass is 219 g/mol. The van der Waals surface area contributed by atoms with E-state index < -0.39 is 0 Å². The first-order chi connectivity index (χ1) is 6.69. The summed E-state index contributed by atoms with van der Waals surface area (Å²) in [4.78, 5) is 13.5. The lowest BCUT2D eigenvalue weighted by Crippen LogP contribution is -2.35. The van der Waals surface area contributed by atoms with Gasteiger partial charge in [-0.05, 0) is 12.8 Å². The van der Waals surface area contributed by atoms with E-state index in [0.29, 0.717) is 12.3 Å². The van der Waals surface area contributed by atoms with Crippen molar-refractivity contribution < 1.29 is 9.53 Å². The molecule has 0 spiro atoms. The lowest BCUT2D eigenvalue weighted by atomic mass is 10.1. The Labute approximate surface area is 90.4 Å². The van der Waals surface area contributed by atoms with E-state index >= 15 is 0 Å². The van der Waals surface area contributed by atoms with E-state index in [1.165, 1.54) is 0 Å². The van der Waals surface area contributed by atoms with Crippen molar-refractivity contribution in [3.63, 3.8) is 0 Å². The van der Waals surface area contributed by atoms with Crippen LogP contribution in [0, 0.1) is 5.92 Å². The first-order valence-electron chi connectivity index (χ1n) is 5.10. The first kappa shape index (κ1) is 11.8. The Balaban J connectivity index is 2.37. The van der Waals surface area contributed by atoms with E-state index in [-0.39, 0.29) is 11.3 Å². The standard InChI is InChI=1S/C10H18ClNO2/c1-3-9(11)10(13)12-5-4-8(6-12)7-14-2/h8-9H,3-7H2,1-2H3. The minimum atomic E-state index is -0.351. The summed E-state index contributed by atoms with van der Waals surface area (Å²) in [5.41, 5.74) is 0. The molecule has 1 aliphatic heterocycles. The minimum Gasteiger partial charge on any atom is -0.384 e. The summed E-state index contributed by atoms with van der Waals surface area (Å²) in [6.07, 6.45) is 1.73. The van der Waals surface area contributed by atoms with Gasteiger partial charge >= 0.3 is 0 Å². The number of carbonyl (C=O) groups excluding carboxylic acids is 1. The summed E-state index contributed by atoms with van der Waals surface area (Å²) in [5, 5.41) is -0.351. The molecule has 82 valence electrons. The van der Waals surface area contributed by atoms with Gasteiger partial charge in [-0.3, -0.25) is 4.79 Å². The molecule has 0 bridgehead atoms. The van der Waals surface area contributed by atoms with Crippen LogP contribution in [0.1, 0.15) is 19.8 Å². The third-order valence-electron chi connectivity index (χ3n) is 2.63. The lowest BCUT2D eigenvalue weighted by Gasteiger charge is -2.18. The first-order valence-corrected chi connectivity index (χ1v) is 5.54. The molecule has 2 atom stereocenters. The molecule has 14 heavy (non-hydrogen) atoms. The van der Waals surface area contributed by atoms with Gasteiger partial charge in [0.1, 0.15) is 5.38 Å². The zero-order chi connectivity index (χ0) is 10.6. The number of amides is 1. The van der Waals surface area contributed by atoms with Crippen LogP contribution in [0.3, 0.4) is 0 Å². The fourth-order valence-corrected chi connectivity index (χ4v) is 1.92. The molecule has 0 N–H and O–H groups in total. The highest BCUT2D eigenvalue weighted by molar-refractivity contribution is 6.30. The van der Waals surface area contributed by atoms with Crippen molar-refractivity contribution in [1.82, 2.24) is 4.90 Å². The summed E-state index contributed by atoms with van der Waals surface area (Å²) in [7, 11) is 1.70. The second-order valence-electron chi connectivity index (χ2n) is 3.77. The highest BCUT2D eigenvalue weighted by atomic mass is 35.5. The molecule has 1 fully saturated rings. The van der Waals surface area contributed by atoms with Crippen molar-refractivity contribution in [2.24, 2.45) is 5.92 Å². The second kappa shape index (κ2) is 5.56. The van der Waals surface area contributed by atoms with E-state index in [2.05, 4.69) is 0 Å². The Hall–Kier alpha value is -0.280. The lowest BCUT2D eigenvalue weighted by molar-refractivity contribution is -0.130. The Kier molecular flexibility index (Phi) is 4.69. The fourth-order valence-electron chi connectivity index (χ4n) is 1.78. The van der Waals surface area contributed by atoms with Gasteiger partial charge in [0.05, 0.1) is 6.61 Å². The molecule has 4 heteroatoms. The average Bonchev–Trinajstić information content (AvgIpc) is 2.64. The predicted molar refractivity (Wildman–Crippen MR) is 56.5 cm³/mol. The van der Waals surface area contributed by atoms with E-state index in [0.717, 1.165) is 26.1 Å². The van der Waals surface area contributed by atoms with Crippen molar-refractivity contribution >= 4 is 17.5 Å². The topological polar surface area (TPSA) is 29.5 Å². The minimum absolute atomic E-state index is 0.0766. The number of methoxy groups -OCH3 is 1. The molecule has 0 aromatic heterocycles. The number of likely N-dealkylation sites (tertiary alicyclic amines) is 1. The third kappa shape index (κ3) is 2.85. The van der Waals surface area contributed by atoms with Gasteiger partial charge in [0, 0.05) is 26.1 Å². The van der Waals surface area contributed by atoms with Crippen LogP contribution >= 0.6 is 11.6 Å². The average molecular weight is 220 g/mol. The molecule has 1 rings (SSSR count). The zero-order valence-corrected chi connectivity index (χ0v) is 9.59. The van der Waals surface area contributed by atoms with Gasteiger partial charge in [-0.1, -0.05) is 6.92 Å². The quantitative estimate of drug-likeness (QED) is 0.671. The second-order valence-corrected chi connectivity index (χ2v) is 4.30. The molecule has 0 saturated carbocycles. The van der Waals surface area contributed by atoms with Crippen LogP contribution in [-0.4, -0.2) is 43.0 Å². The van der Waals surface area contributed by atoms with Gasteiger partial charge in [-0.15, -0.1) is 11.6 Å². The maximum Gasteiger partial charge on any atom is 0.240 e. The molecular formula is C10H18ClNO2. The molecule has 0 aromatic rings. The van der Waals surface area contributed by atoms with Gasteiger partial charge in [0.2, 0.25) is 5.91 Å². The van der Waals surface area contributed by atoms with Crippen LogP contribution in [0.4, 0.5) is 0 Å². The number of alkyl halides is 1. The van der Waals surface area contributed by atoms with Gasteiger partial charge in [-0.25, -0.2) is 0 Å². The molecule has 1 heterocycles. The maximum atomic E-state index is 11.7. The smallest absolute Gasteiger partial charge is 0.240 e. The molecule has 2 unspecified atom stereocenters. The Bertz CT molecular complexity index is 199. The fraction of sp³-hybridized carbons (Fsp3) is 0.900. The van der Waals surface area contributed by atoms with Gasteiger partial charge in [-0.2, -0.15) is 0 Å². The van der Waals surface area contributed by atoms with Crippen LogP contribution < -0.4 is 0 Å². The summed E-state index contributed by atoms with van der Waals surface area (Å²) >= 11 is 5.90. The largest absolute Gasteiger partial charge is 0.384 e. The van der Waals surface area contributed by atoms with Gasteiger partial charge in [0.15, 0.2) is 0 Å². The number of carbonyl (C=O) groups is 1. The Morgan fingerprint density at radius 2 is 2.43 bits per heavy atom. The van der Waals surface area contributed by atoms with Crippen molar-refractivity contribution in [2.75, 3.05) is 26.8 Å². The zero-order valence-electron chi connectivity index (χ0n) is 8.83. The number of halogens is 1. The summed E-state index contributed by atoms with van der Waals surface area (Å²) in [5.74, 6) is 0.567. The number of hydrogen-bond donors (Lipinski definition) is 0. The summed E-state index contributed by atoms with van der Waals surface area (Å²) in [6, 6.07) is 0. The molecule has 1 saturated heterocycles. The molecule has 0 aliphatic carbocycles. The number of nitrogens with zero attached hydrogens (tertiary/aromatic N) is 1. The molecule has 0 radical (unpaired) electrons. The SMILES string of the molecule is CCC(Cl)C(=O)N1CCC(COC)C1. The van der Waals surface area contributed by atoms with Crippen molar-refractivity contribution in [3.05, 3.63) is 0 Å². The highest BCUT2D eigenvalue weighted by Gasteiger charge is 2.28. The Morgan fingerprint density at radius 3 is 3.00 bits per heavy atom. The number of hydrogen-bond acceptors (Lipinski definition) is 2. The van der Waals surface area contributed by atoms with Crippen molar-refractivity contribution in [1.29, 1.82) is 0 Å². The molecule has 0 aromatic carbocycles. The van der Waals surface area contributed by atoms with Crippen LogP contribution in [0.25, 0.3) is 0 Å². The Morgan fingerprint density at radius 1 is 1.71 bits per heavy atom. The molecular weight excluding hydrogens is 202 g/mol. The van der Waals surface area contributed by atoms with E-state index in [9.17, 15) is 4.79 Å². The van der Waals surface area contributed by atoms with Gasteiger partial charge in [0.25, 0.3) is 0 Å². The normalized spacial score (nSPS) is 23.9.